The van der Waals surface area contributed by atoms with Crippen LogP contribution in [0.15, 0.2) is 23.4 Å². The molecule has 1 N–H and O–H groups in total. The quantitative estimate of drug-likeness (QED) is 0.283. The smallest absolute Gasteiger partial charge is 0.191 e. The first-order valence-corrected chi connectivity index (χ1v) is 14.7. The molecule has 1 aliphatic heterocycles. The van der Waals surface area contributed by atoms with Gasteiger partial charge >= 0.3 is 0 Å². The molecule has 3 aliphatic rings. The van der Waals surface area contributed by atoms with Crippen molar-refractivity contribution in [1.82, 2.24) is 25.0 Å². The van der Waals surface area contributed by atoms with Gasteiger partial charge in [-0.05, 0) is 44.4 Å². The van der Waals surface area contributed by atoms with E-state index in [1.807, 2.05) is 25.8 Å². The first-order chi connectivity index (χ1) is 19.2. The van der Waals surface area contributed by atoms with Crippen LogP contribution in [0.5, 0.6) is 0 Å². The van der Waals surface area contributed by atoms with Crippen LogP contribution in [0.4, 0.5) is 14.6 Å². The van der Waals surface area contributed by atoms with E-state index in [-0.39, 0.29) is 49.5 Å². The normalized spacial score (nSPS) is 28.8. The van der Waals surface area contributed by atoms with Crippen LogP contribution in [0.25, 0.3) is 11.2 Å². The van der Waals surface area contributed by atoms with Gasteiger partial charge in [0.05, 0.1) is 25.4 Å². The third-order valence-corrected chi connectivity index (χ3v) is 8.85. The minimum atomic E-state index is -0.848. The van der Waals surface area contributed by atoms with Crippen LogP contribution in [0.1, 0.15) is 57.6 Å². The number of thioether (sulfide) groups is 1. The maximum absolute atomic E-state index is 13.9. The van der Waals surface area contributed by atoms with Gasteiger partial charge in [0.25, 0.3) is 0 Å². The molecule has 40 heavy (non-hydrogen) atoms. The average Bonchev–Trinajstić information content (AvgIpc) is 3.38. The number of halogens is 2. The lowest BCUT2D eigenvalue weighted by Gasteiger charge is -2.24. The van der Waals surface area contributed by atoms with E-state index in [0.717, 1.165) is 24.2 Å². The largest absolute Gasteiger partial charge is 0.394 e. The molecule has 0 bridgehead atoms. The standard InChI is InChI=1S/C27H34F2N6O4S/c1-5-10-40-26-30-24(34(4)18-12-15(18)14-6-7-16(28)17(29)11-14)21-25(31-26)35(33-32-21)19-13-20(37-9-8-36)23-22(19)38-27(2,3)39-23/h6-7,11,15,18-20,22-23,36H,5,8-10,12-13H2,1-4H3/t15-,18?,19+,20-,22?,23+/m0/s1. The molecule has 2 unspecified atom stereocenters. The van der Waals surface area contributed by atoms with Crippen molar-refractivity contribution in [2.45, 2.75) is 87.3 Å². The van der Waals surface area contributed by atoms with E-state index in [1.54, 1.807) is 22.5 Å². The molecule has 13 heteroatoms. The number of anilines is 1. The number of likely N-dealkylation sites (N-methyl/N-ethyl adjacent to an activating group) is 1. The number of rotatable bonds is 10. The lowest BCUT2D eigenvalue weighted by Crippen LogP contribution is -2.31. The molecule has 1 aromatic carbocycles. The van der Waals surface area contributed by atoms with Gasteiger partial charge in [0.2, 0.25) is 0 Å². The zero-order valence-electron chi connectivity index (χ0n) is 23.0. The fraction of sp³-hybridized carbons (Fsp3) is 0.630. The highest BCUT2D eigenvalue weighted by molar-refractivity contribution is 7.99. The van der Waals surface area contributed by atoms with E-state index in [2.05, 4.69) is 17.2 Å². The van der Waals surface area contributed by atoms with Gasteiger partial charge in [-0.3, -0.25) is 0 Å². The van der Waals surface area contributed by atoms with Gasteiger partial charge < -0.3 is 24.2 Å². The molecule has 3 heterocycles. The Morgan fingerprint density at radius 2 is 1.98 bits per heavy atom. The Morgan fingerprint density at radius 1 is 1.18 bits per heavy atom. The highest BCUT2D eigenvalue weighted by atomic mass is 32.2. The van der Waals surface area contributed by atoms with Crippen LogP contribution < -0.4 is 4.90 Å². The van der Waals surface area contributed by atoms with Crippen molar-refractivity contribution in [2.75, 3.05) is 30.9 Å². The van der Waals surface area contributed by atoms with E-state index in [0.29, 0.717) is 28.6 Å². The third-order valence-electron chi connectivity index (χ3n) is 7.80. The van der Waals surface area contributed by atoms with Crippen molar-refractivity contribution in [3.05, 3.63) is 35.4 Å². The number of hydrogen-bond acceptors (Lipinski definition) is 10. The Labute approximate surface area is 235 Å². The Kier molecular flexibility index (Phi) is 7.45. The van der Waals surface area contributed by atoms with E-state index in [9.17, 15) is 13.9 Å². The van der Waals surface area contributed by atoms with Gasteiger partial charge in [-0.25, -0.2) is 23.4 Å². The number of aliphatic hydroxyl groups is 1. The van der Waals surface area contributed by atoms with E-state index >= 15 is 0 Å². The first kappa shape index (κ1) is 27.7. The Balaban J connectivity index is 1.34. The van der Waals surface area contributed by atoms with Crippen LogP contribution in [-0.4, -0.2) is 86.2 Å². The molecule has 216 valence electrons. The summed E-state index contributed by atoms with van der Waals surface area (Å²) in [5, 5.41) is 19.0. The monoisotopic (exact) mass is 576 g/mol. The summed E-state index contributed by atoms with van der Waals surface area (Å²) in [5.41, 5.74) is 1.92. The molecule has 2 saturated carbocycles. The molecule has 3 fully saturated rings. The summed E-state index contributed by atoms with van der Waals surface area (Å²) in [5.74, 6) is -0.912. The highest BCUT2D eigenvalue weighted by Crippen LogP contribution is 2.48. The summed E-state index contributed by atoms with van der Waals surface area (Å²) in [4.78, 5) is 11.8. The second-order valence-corrected chi connectivity index (χ2v) is 12.1. The zero-order valence-corrected chi connectivity index (χ0v) is 23.8. The summed E-state index contributed by atoms with van der Waals surface area (Å²) in [6, 6.07) is 3.91. The van der Waals surface area contributed by atoms with Crippen LogP contribution in [0, 0.1) is 11.6 Å². The molecule has 2 aliphatic carbocycles. The van der Waals surface area contributed by atoms with Crippen molar-refractivity contribution in [3.8, 4) is 0 Å². The molecular formula is C27H34F2N6O4S. The van der Waals surface area contributed by atoms with Crippen molar-refractivity contribution < 1.29 is 28.1 Å². The molecule has 0 amide bonds. The predicted molar refractivity (Wildman–Crippen MR) is 144 cm³/mol. The summed E-state index contributed by atoms with van der Waals surface area (Å²) < 4.78 is 47.6. The van der Waals surface area contributed by atoms with Gasteiger partial charge in [0.1, 0.15) is 12.2 Å². The molecule has 0 spiro atoms. The van der Waals surface area contributed by atoms with Crippen molar-refractivity contribution in [2.24, 2.45) is 0 Å². The van der Waals surface area contributed by atoms with Gasteiger partial charge in [-0.15, -0.1) is 5.10 Å². The first-order valence-electron chi connectivity index (χ1n) is 13.7. The lowest BCUT2D eigenvalue weighted by molar-refractivity contribution is -0.171. The second-order valence-electron chi connectivity index (χ2n) is 11.1. The number of nitrogens with zero attached hydrogens (tertiary/aromatic N) is 6. The number of ether oxygens (including phenoxy) is 3. The van der Waals surface area contributed by atoms with Gasteiger partial charge in [0.15, 0.2) is 39.6 Å². The maximum atomic E-state index is 13.9. The van der Waals surface area contributed by atoms with E-state index in [4.69, 9.17) is 24.2 Å². The minimum absolute atomic E-state index is 0.0524. The SMILES string of the molecule is CCCSc1nc(N(C)C2C[C@H]2c2ccc(F)c(F)c2)c2nnn([C@@H]3C[C@H](OCCO)[C@H]4OC(C)(C)OC34)c2n1. The summed E-state index contributed by atoms with van der Waals surface area (Å²) in [6.45, 7) is 5.98. The Morgan fingerprint density at radius 3 is 2.73 bits per heavy atom. The molecule has 10 nitrogen and oxygen atoms in total. The lowest BCUT2D eigenvalue weighted by atomic mass is 10.1. The van der Waals surface area contributed by atoms with Gasteiger partial charge in [0, 0.05) is 31.2 Å². The third kappa shape index (κ3) is 5.06. The number of aromatic nitrogens is 5. The van der Waals surface area contributed by atoms with Crippen LogP contribution in [0.2, 0.25) is 0 Å². The molecule has 2 aromatic heterocycles. The number of aliphatic hydroxyl groups excluding tert-OH is 1. The molecule has 0 radical (unpaired) electrons. The Hall–Kier alpha value is -2.45. The number of fused-ring (bicyclic) bond motifs is 2. The van der Waals surface area contributed by atoms with Crippen LogP contribution >= 0.6 is 11.8 Å². The average molecular weight is 577 g/mol. The van der Waals surface area contributed by atoms with Gasteiger partial charge in [-0.1, -0.05) is 30.0 Å². The van der Waals surface area contributed by atoms with E-state index < -0.39 is 17.4 Å². The molecular weight excluding hydrogens is 542 g/mol. The second kappa shape index (κ2) is 10.8. The predicted octanol–water partition coefficient (Wildman–Crippen LogP) is 3.84. The summed E-state index contributed by atoms with van der Waals surface area (Å²) >= 11 is 1.57. The molecule has 6 rings (SSSR count). The summed E-state index contributed by atoms with van der Waals surface area (Å²) in [7, 11) is 1.94. The number of benzene rings is 1. The van der Waals surface area contributed by atoms with Crippen molar-refractivity contribution in [3.63, 3.8) is 0 Å². The fourth-order valence-electron chi connectivity index (χ4n) is 5.91. The van der Waals surface area contributed by atoms with Crippen LogP contribution in [-0.2, 0) is 14.2 Å². The van der Waals surface area contributed by atoms with Crippen molar-refractivity contribution in [1.29, 1.82) is 0 Å². The maximum Gasteiger partial charge on any atom is 0.191 e. The zero-order chi connectivity index (χ0) is 28.2. The van der Waals surface area contributed by atoms with Crippen LogP contribution in [0.3, 0.4) is 0 Å². The topological polar surface area (TPSA) is 108 Å². The van der Waals surface area contributed by atoms with Crippen molar-refractivity contribution >= 4 is 28.7 Å². The fourth-order valence-corrected chi connectivity index (χ4v) is 6.59. The highest BCUT2D eigenvalue weighted by Gasteiger charge is 2.56. The molecule has 3 aromatic rings. The minimum Gasteiger partial charge on any atom is -0.394 e. The number of hydrogen-bond donors (Lipinski definition) is 1. The Bertz CT molecular complexity index is 1390. The molecule has 1 saturated heterocycles. The molecule has 6 atom stereocenters. The van der Waals surface area contributed by atoms with E-state index in [1.165, 1.54) is 12.1 Å². The van der Waals surface area contributed by atoms with Gasteiger partial charge in [-0.2, -0.15) is 0 Å². The summed E-state index contributed by atoms with van der Waals surface area (Å²) in [6.07, 6.45) is 1.41.